The molecule has 0 aliphatic carbocycles. The summed E-state index contributed by atoms with van der Waals surface area (Å²) in [6, 6.07) is 10.6. The summed E-state index contributed by atoms with van der Waals surface area (Å²) >= 11 is 14.7. The van der Waals surface area contributed by atoms with Gasteiger partial charge >= 0.3 is 0 Å². The van der Waals surface area contributed by atoms with Crippen molar-refractivity contribution >= 4 is 63.1 Å². The van der Waals surface area contributed by atoms with Gasteiger partial charge in [0.25, 0.3) is 5.91 Å². The molecule has 5 rings (SSSR count). The van der Waals surface area contributed by atoms with Crippen LogP contribution in [-0.4, -0.2) is 27.0 Å². The third kappa shape index (κ3) is 4.50. The molecule has 1 N–H and O–H groups in total. The summed E-state index contributed by atoms with van der Waals surface area (Å²) in [5, 5.41) is 20.3. The second-order valence-electron chi connectivity index (χ2n) is 7.47. The molecule has 4 heterocycles. The SMILES string of the molecule is Cc1ccc(C(=O)C2=C(O)C(=O)N(c3nnc(SCc4ccc(Cl)cc4Cl)s3)C2c2ccco2)o1. The monoisotopic (exact) mass is 547 g/mol. The van der Waals surface area contributed by atoms with E-state index < -0.39 is 23.5 Å². The number of hydrogen-bond donors (Lipinski definition) is 1. The minimum Gasteiger partial charge on any atom is -0.503 e. The number of aliphatic hydroxyl groups excluding tert-OH is 1. The van der Waals surface area contributed by atoms with Crippen LogP contribution in [0.4, 0.5) is 5.13 Å². The van der Waals surface area contributed by atoms with Crippen LogP contribution in [0.15, 0.2) is 73.2 Å². The Morgan fingerprint density at radius 1 is 1.23 bits per heavy atom. The number of Topliss-reactive ketones (excluding diaryl/α,β-unsaturated/α-hetero) is 1. The first-order chi connectivity index (χ1) is 16.8. The minimum atomic E-state index is -1.04. The molecule has 0 radical (unpaired) electrons. The normalized spacial score (nSPS) is 15.9. The summed E-state index contributed by atoms with van der Waals surface area (Å²) in [5.74, 6) is -0.782. The maximum absolute atomic E-state index is 13.2. The van der Waals surface area contributed by atoms with Gasteiger partial charge in [-0.15, -0.1) is 10.2 Å². The molecule has 4 aromatic rings. The molecule has 12 heteroatoms. The van der Waals surface area contributed by atoms with Crippen molar-refractivity contribution < 1.29 is 23.5 Å². The van der Waals surface area contributed by atoms with Crippen LogP contribution < -0.4 is 4.90 Å². The van der Waals surface area contributed by atoms with Crippen molar-refractivity contribution in [2.24, 2.45) is 0 Å². The van der Waals surface area contributed by atoms with Crippen molar-refractivity contribution in [1.82, 2.24) is 10.2 Å². The van der Waals surface area contributed by atoms with E-state index in [1.54, 1.807) is 37.3 Å². The van der Waals surface area contributed by atoms with Gasteiger partial charge in [0.05, 0.1) is 11.8 Å². The minimum absolute atomic E-state index is 0.00334. The number of carbonyl (C=O) groups excluding carboxylic acids is 2. The first-order valence-corrected chi connectivity index (χ1v) is 12.7. The Morgan fingerprint density at radius 2 is 2.06 bits per heavy atom. The lowest BCUT2D eigenvalue weighted by Gasteiger charge is -2.21. The Balaban J connectivity index is 1.45. The van der Waals surface area contributed by atoms with E-state index in [0.29, 0.717) is 25.9 Å². The number of carbonyl (C=O) groups is 2. The van der Waals surface area contributed by atoms with Gasteiger partial charge in [0.1, 0.15) is 17.6 Å². The number of benzene rings is 1. The molecule has 0 fully saturated rings. The number of furan rings is 2. The van der Waals surface area contributed by atoms with Crippen LogP contribution in [0.2, 0.25) is 10.0 Å². The highest BCUT2D eigenvalue weighted by molar-refractivity contribution is 8.00. The molecule has 1 aliphatic heterocycles. The fourth-order valence-corrected chi connectivity index (χ4v) is 6.00. The van der Waals surface area contributed by atoms with Gasteiger partial charge in [0.15, 0.2) is 15.9 Å². The molecule has 3 aromatic heterocycles. The third-order valence-corrected chi connectivity index (χ3v) is 7.89. The largest absolute Gasteiger partial charge is 0.503 e. The predicted molar refractivity (Wildman–Crippen MR) is 132 cm³/mol. The van der Waals surface area contributed by atoms with Gasteiger partial charge in [0.2, 0.25) is 10.9 Å². The average Bonchev–Trinajstić information content (AvgIpc) is 3.62. The van der Waals surface area contributed by atoms with Gasteiger partial charge in [0, 0.05) is 15.8 Å². The smallest absolute Gasteiger partial charge is 0.296 e. The zero-order valence-electron chi connectivity index (χ0n) is 17.9. The lowest BCUT2D eigenvalue weighted by Crippen LogP contribution is -2.30. The molecule has 0 spiro atoms. The molecular formula is C23H15Cl2N3O5S2. The van der Waals surface area contributed by atoms with Crippen molar-refractivity contribution in [3.05, 3.63) is 92.9 Å². The fraction of sp³-hybridized carbons (Fsp3) is 0.130. The van der Waals surface area contributed by atoms with Crippen LogP contribution in [-0.2, 0) is 10.5 Å². The molecule has 178 valence electrons. The summed E-state index contributed by atoms with van der Waals surface area (Å²) in [5.41, 5.74) is 0.709. The zero-order valence-corrected chi connectivity index (χ0v) is 21.0. The number of ketones is 1. The summed E-state index contributed by atoms with van der Waals surface area (Å²) in [7, 11) is 0. The number of aromatic nitrogens is 2. The van der Waals surface area contributed by atoms with E-state index in [0.717, 1.165) is 16.9 Å². The third-order valence-electron chi connectivity index (χ3n) is 5.20. The van der Waals surface area contributed by atoms with Gasteiger partial charge < -0.3 is 13.9 Å². The summed E-state index contributed by atoms with van der Waals surface area (Å²) < 4.78 is 11.5. The van der Waals surface area contributed by atoms with E-state index >= 15 is 0 Å². The zero-order chi connectivity index (χ0) is 24.7. The first-order valence-electron chi connectivity index (χ1n) is 10.1. The first kappa shape index (κ1) is 23.7. The van der Waals surface area contributed by atoms with Gasteiger partial charge in [-0.05, 0) is 48.9 Å². The molecule has 0 bridgehead atoms. The molecule has 35 heavy (non-hydrogen) atoms. The number of nitrogens with zero attached hydrogens (tertiary/aromatic N) is 3. The quantitative estimate of drug-likeness (QED) is 0.160. The number of anilines is 1. The lowest BCUT2D eigenvalue weighted by molar-refractivity contribution is -0.117. The molecule has 8 nitrogen and oxygen atoms in total. The van der Waals surface area contributed by atoms with E-state index in [4.69, 9.17) is 32.0 Å². The van der Waals surface area contributed by atoms with E-state index in [9.17, 15) is 14.7 Å². The number of aryl methyl sites for hydroxylation is 1. The Hall–Kier alpha value is -3.05. The van der Waals surface area contributed by atoms with Crippen LogP contribution in [0.1, 0.15) is 33.7 Å². The van der Waals surface area contributed by atoms with Crippen LogP contribution in [0.25, 0.3) is 0 Å². The average molecular weight is 548 g/mol. The Morgan fingerprint density at radius 3 is 2.74 bits per heavy atom. The second-order valence-corrected chi connectivity index (χ2v) is 10.5. The Kier molecular flexibility index (Phi) is 6.45. The van der Waals surface area contributed by atoms with Crippen molar-refractivity contribution in [3.8, 4) is 0 Å². The van der Waals surface area contributed by atoms with E-state index in [1.807, 2.05) is 6.07 Å². The molecular weight excluding hydrogens is 533 g/mol. The molecule has 1 aliphatic rings. The maximum atomic E-state index is 13.2. The molecule has 1 atom stereocenters. The van der Waals surface area contributed by atoms with Crippen LogP contribution in [0.3, 0.4) is 0 Å². The second kappa shape index (κ2) is 9.54. The summed E-state index contributed by atoms with van der Waals surface area (Å²) in [6.07, 6.45) is 1.42. The van der Waals surface area contributed by atoms with E-state index in [2.05, 4.69) is 10.2 Å². The van der Waals surface area contributed by atoms with Crippen LogP contribution in [0.5, 0.6) is 0 Å². The number of amides is 1. The fourth-order valence-electron chi connectivity index (χ4n) is 3.58. The number of aliphatic hydroxyl groups is 1. The standard InChI is InChI=1S/C23H15Cl2N3O5S2/c1-11-4-7-16(33-11)19(29)17-18(15-3-2-8-32-15)28(21(31)20(17)30)22-26-27-23(35-22)34-10-12-5-6-13(24)9-14(12)25/h2-9,18,30H,10H2,1H3. The van der Waals surface area contributed by atoms with Crippen LogP contribution in [0, 0.1) is 6.92 Å². The van der Waals surface area contributed by atoms with Crippen molar-refractivity contribution in [2.45, 2.75) is 23.1 Å². The highest BCUT2D eigenvalue weighted by Crippen LogP contribution is 2.44. The summed E-state index contributed by atoms with van der Waals surface area (Å²) in [6.45, 7) is 1.69. The lowest BCUT2D eigenvalue weighted by atomic mass is 10.00. The maximum Gasteiger partial charge on any atom is 0.296 e. The molecule has 0 saturated heterocycles. The molecule has 1 amide bonds. The molecule has 1 aromatic carbocycles. The van der Waals surface area contributed by atoms with Gasteiger partial charge in [-0.3, -0.25) is 14.5 Å². The topological polar surface area (TPSA) is 110 Å². The van der Waals surface area contributed by atoms with Crippen molar-refractivity contribution in [3.63, 3.8) is 0 Å². The van der Waals surface area contributed by atoms with E-state index in [1.165, 1.54) is 29.0 Å². The number of thioether (sulfide) groups is 1. The number of hydrogen-bond acceptors (Lipinski definition) is 9. The highest BCUT2D eigenvalue weighted by atomic mass is 35.5. The molecule has 1 unspecified atom stereocenters. The van der Waals surface area contributed by atoms with Crippen LogP contribution >= 0.6 is 46.3 Å². The Labute approximate surface area is 217 Å². The van der Waals surface area contributed by atoms with Gasteiger partial charge in [-0.2, -0.15) is 0 Å². The van der Waals surface area contributed by atoms with Gasteiger partial charge in [-0.25, -0.2) is 0 Å². The number of halogens is 2. The Bertz CT molecular complexity index is 1460. The predicted octanol–water partition coefficient (Wildman–Crippen LogP) is 6.41. The van der Waals surface area contributed by atoms with Crippen molar-refractivity contribution in [2.75, 3.05) is 4.90 Å². The molecule has 0 saturated carbocycles. The van der Waals surface area contributed by atoms with Gasteiger partial charge in [-0.1, -0.05) is 52.4 Å². The highest BCUT2D eigenvalue weighted by Gasteiger charge is 2.48. The summed E-state index contributed by atoms with van der Waals surface area (Å²) in [4.78, 5) is 27.6. The number of rotatable bonds is 7. The van der Waals surface area contributed by atoms with Crippen molar-refractivity contribution in [1.29, 1.82) is 0 Å². The van der Waals surface area contributed by atoms with E-state index in [-0.39, 0.29) is 22.2 Å².